The number of carbonyl (C=O) groups excluding carboxylic acids is 1. The highest BCUT2D eigenvalue weighted by atomic mass is 32.1. The number of aryl methyl sites for hydroxylation is 1. The van der Waals surface area contributed by atoms with E-state index in [1.807, 2.05) is 0 Å². The number of aliphatic hydroxyl groups excluding tert-OH is 1. The van der Waals surface area contributed by atoms with Crippen LogP contribution < -0.4 is 21.3 Å². The van der Waals surface area contributed by atoms with Crippen LogP contribution in [0, 0.1) is 12.7 Å². The van der Waals surface area contributed by atoms with Crippen molar-refractivity contribution in [1.29, 1.82) is 0 Å². The Morgan fingerprint density at radius 2 is 1.88 bits per heavy atom. The minimum atomic E-state index is -0.974. The number of halogens is 1. The van der Waals surface area contributed by atoms with Crippen LogP contribution in [0.2, 0.25) is 0 Å². The van der Waals surface area contributed by atoms with E-state index in [0.29, 0.717) is 71.8 Å². The van der Waals surface area contributed by atoms with Gasteiger partial charge in [0.25, 0.3) is 5.56 Å². The fourth-order valence-corrected chi connectivity index (χ4v) is 7.27. The summed E-state index contributed by atoms with van der Waals surface area (Å²) in [5.74, 6) is -0.502. The van der Waals surface area contributed by atoms with Crippen LogP contribution in [0.4, 0.5) is 4.39 Å². The third-order valence-electron chi connectivity index (χ3n) is 8.27. The van der Waals surface area contributed by atoms with E-state index in [-0.39, 0.29) is 18.0 Å². The zero-order valence-corrected chi connectivity index (χ0v) is 24.7. The van der Waals surface area contributed by atoms with Gasteiger partial charge in [0, 0.05) is 17.7 Å². The second-order valence-corrected chi connectivity index (χ2v) is 12.0. The first-order valence-electron chi connectivity index (χ1n) is 14.4. The standard InChI is InChI=1S/C29H33FN6O6S/c1-16-24-26(39)35(21-4-3-11-31-25(21)38)29(40)34(28(24)43-27(16)36-32-12-13-33-36)15-23(42-19-8-6-18(37)7-9-19)20-14-17(30)5-10-22(20)41-2/h5,10,12-14,18-19,21,23,37H,3-4,6-9,11,15H2,1-2H3,(H,31,38)/t18-,19-,21-,23+/m1/s1. The molecule has 12 nitrogen and oxygen atoms in total. The first-order chi connectivity index (χ1) is 20.8. The number of methoxy groups -OCH3 is 1. The monoisotopic (exact) mass is 612 g/mol. The third-order valence-corrected chi connectivity index (χ3v) is 9.55. The van der Waals surface area contributed by atoms with Gasteiger partial charge in [-0.25, -0.2) is 13.8 Å². The highest BCUT2D eigenvalue weighted by Gasteiger charge is 2.33. The summed E-state index contributed by atoms with van der Waals surface area (Å²) in [5, 5.41) is 22.1. The van der Waals surface area contributed by atoms with Gasteiger partial charge in [-0.2, -0.15) is 10.2 Å². The van der Waals surface area contributed by atoms with E-state index in [1.165, 1.54) is 58.4 Å². The molecule has 1 saturated carbocycles. The molecule has 43 heavy (non-hydrogen) atoms. The maximum absolute atomic E-state index is 14.6. The van der Waals surface area contributed by atoms with E-state index >= 15 is 0 Å². The second-order valence-electron chi connectivity index (χ2n) is 11.0. The SMILES string of the molecule is COc1ccc(F)cc1[C@H](Cn1c(=O)n([C@@H]2CCCNC2=O)c(=O)c2c(C)c(-n3nccn3)sc21)O[C@H]1CC[C@H](O)CC1. The molecule has 3 aromatic heterocycles. The number of fused-ring (bicyclic) bond motifs is 1. The van der Waals surface area contributed by atoms with E-state index in [4.69, 9.17) is 9.47 Å². The second kappa shape index (κ2) is 12.0. The first kappa shape index (κ1) is 29.2. The number of aliphatic hydroxyl groups is 1. The summed E-state index contributed by atoms with van der Waals surface area (Å²) in [6, 6.07) is 3.15. The summed E-state index contributed by atoms with van der Waals surface area (Å²) in [6.07, 6.45) is 4.79. The number of hydrogen-bond acceptors (Lipinski definition) is 9. The fraction of sp³-hybridized carbons (Fsp3) is 0.483. The predicted octanol–water partition coefficient (Wildman–Crippen LogP) is 2.77. The number of benzene rings is 1. The predicted molar refractivity (Wildman–Crippen MR) is 156 cm³/mol. The molecule has 1 aromatic carbocycles. The lowest BCUT2D eigenvalue weighted by molar-refractivity contribution is -0.126. The number of ether oxygens (including phenoxy) is 2. The molecule has 6 rings (SSSR count). The Hall–Kier alpha value is -3.88. The minimum absolute atomic E-state index is 0.0885. The Morgan fingerprint density at radius 1 is 1.14 bits per heavy atom. The van der Waals surface area contributed by atoms with Crippen molar-refractivity contribution < 1.29 is 23.8 Å². The van der Waals surface area contributed by atoms with Crippen molar-refractivity contribution in [3.63, 3.8) is 0 Å². The summed E-state index contributed by atoms with van der Waals surface area (Å²) in [5.41, 5.74) is -0.248. The van der Waals surface area contributed by atoms with Gasteiger partial charge in [-0.05, 0) is 63.6 Å². The van der Waals surface area contributed by atoms with Crippen molar-refractivity contribution in [2.45, 2.75) is 76.3 Å². The third kappa shape index (κ3) is 5.50. The molecule has 4 heterocycles. The molecule has 1 aliphatic heterocycles. The summed E-state index contributed by atoms with van der Waals surface area (Å²) in [4.78, 5) is 43.0. The molecule has 4 aromatic rings. The topological polar surface area (TPSA) is 142 Å². The van der Waals surface area contributed by atoms with Crippen molar-refractivity contribution in [2.24, 2.45) is 0 Å². The molecule has 228 valence electrons. The van der Waals surface area contributed by atoms with Crippen molar-refractivity contribution in [3.8, 4) is 10.8 Å². The number of carbonyl (C=O) groups is 1. The quantitative estimate of drug-likeness (QED) is 0.309. The molecule has 1 amide bonds. The van der Waals surface area contributed by atoms with Crippen LogP contribution in [-0.4, -0.2) is 61.0 Å². The van der Waals surface area contributed by atoms with Gasteiger partial charge < -0.3 is 19.9 Å². The van der Waals surface area contributed by atoms with Crippen molar-refractivity contribution >= 4 is 27.5 Å². The Morgan fingerprint density at radius 3 is 2.58 bits per heavy atom. The van der Waals surface area contributed by atoms with Gasteiger partial charge in [0.1, 0.15) is 33.5 Å². The number of aromatic nitrogens is 5. The molecular weight excluding hydrogens is 579 g/mol. The maximum atomic E-state index is 14.6. The average Bonchev–Trinajstić information content (AvgIpc) is 3.65. The van der Waals surface area contributed by atoms with Gasteiger partial charge >= 0.3 is 5.69 Å². The van der Waals surface area contributed by atoms with Crippen LogP contribution in [-0.2, 0) is 16.1 Å². The number of nitrogens with zero attached hydrogens (tertiary/aromatic N) is 5. The van der Waals surface area contributed by atoms with Crippen LogP contribution >= 0.6 is 11.3 Å². The normalized spacial score (nSPS) is 21.6. The molecule has 0 radical (unpaired) electrons. The minimum Gasteiger partial charge on any atom is -0.496 e. The van der Waals surface area contributed by atoms with Crippen molar-refractivity contribution in [2.75, 3.05) is 13.7 Å². The summed E-state index contributed by atoms with van der Waals surface area (Å²) in [7, 11) is 1.48. The lowest BCUT2D eigenvalue weighted by atomic mass is 9.94. The molecule has 0 bridgehead atoms. The zero-order valence-electron chi connectivity index (χ0n) is 23.9. The Labute approximate surface area is 249 Å². The molecule has 0 unspecified atom stereocenters. The molecule has 1 aliphatic carbocycles. The number of amides is 1. The van der Waals surface area contributed by atoms with Gasteiger partial charge in [0.2, 0.25) is 5.91 Å². The van der Waals surface area contributed by atoms with E-state index in [9.17, 15) is 23.9 Å². The van der Waals surface area contributed by atoms with Crippen molar-refractivity contribution in [3.05, 3.63) is 68.4 Å². The van der Waals surface area contributed by atoms with E-state index in [2.05, 4.69) is 15.5 Å². The van der Waals surface area contributed by atoms with Gasteiger partial charge in [-0.3, -0.25) is 14.2 Å². The van der Waals surface area contributed by atoms with Crippen LogP contribution in [0.3, 0.4) is 0 Å². The van der Waals surface area contributed by atoms with Crippen LogP contribution in [0.25, 0.3) is 15.2 Å². The Balaban J connectivity index is 1.55. The lowest BCUT2D eigenvalue weighted by Gasteiger charge is -2.31. The van der Waals surface area contributed by atoms with E-state index in [0.717, 1.165) is 4.57 Å². The molecule has 0 spiro atoms. The first-order valence-corrected chi connectivity index (χ1v) is 15.2. The van der Waals surface area contributed by atoms with Crippen LogP contribution in [0.1, 0.15) is 61.8 Å². The molecule has 2 aliphatic rings. The van der Waals surface area contributed by atoms with Crippen LogP contribution in [0.15, 0.2) is 40.2 Å². The molecular formula is C29H33FN6O6S. The summed E-state index contributed by atoms with van der Waals surface area (Å²) < 4.78 is 29.3. The molecule has 2 fully saturated rings. The molecule has 2 N–H and O–H groups in total. The highest BCUT2D eigenvalue weighted by molar-refractivity contribution is 7.21. The maximum Gasteiger partial charge on any atom is 0.332 e. The number of piperidine rings is 1. The van der Waals surface area contributed by atoms with Crippen LogP contribution in [0.5, 0.6) is 5.75 Å². The number of thiophene rings is 1. The lowest BCUT2D eigenvalue weighted by Crippen LogP contribution is -2.49. The summed E-state index contributed by atoms with van der Waals surface area (Å²) in [6.45, 7) is 2.14. The van der Waals surface area contributed by atoms with Gasteiger partial charge in [0.05, 0.1) is 43.6 Å². The number of rotatable bonds is 8. The average molecular weight is 613 g/mol. The smallest absolute Gasteiger partial charge is 0.332 e. The largest absolute Gasteiger partial charge is 0.496 e. The molecule has 14 heteroatoms. The zero-order chi connectivity index (χ0) is 30.2. The van der Waals surface area contributed by atoms with E-state index in [1.54, 1.807) is 6.92 Å². The van der Waals surface area contributed by atoms with Gasteiger partial charge in [-0.15, -0.1) is 4.80 Å². The fourth-order valence-electron chi connectivity index (χ4n) is 6.05. The highest BCUT2D eigenvalue weighted by Crippen LogP contribution is 2.36. The number of hydrogen-bond donors (Lipinski definition) is 2. The summed E-state index contributed by atoms with van der Waals surface area (Å²) >= 11 is 1.18. The van der Waals surface area contributed by atoms with Gasteiger partial charge in [0.15, 0.2) is 0 Å². The van der Waals surface area contributed by atoms with E-state index < -0.39 is 41.2 Å². The molecule has 1 saturated heterocycles. The Bertz CT molecular complexity index is 1760. The van der Waals surface area contributed by atoms with Gasteiger partial charge in [-0.1, -0.05) is 11.3 Å². The number of nitrogens with one attached hydrogen (secondary N) is 1. The van der Waals surface area contributed by atoms with Crippen molar-refractivity contribution in [1.82, 2.24) is 29.4 Å². The Kier molecular flexibility index (Phi) is 8.16. The molecule has 2 atom stereocenters.